The molecule has 1 fully saturated rings. The monoisotopic (exact) mass is 212 g/mol. The average Bonchev–Trinajstić information content (AvgIpc) is 2.63. The number of unbranched alkanes of at least 4 members (excludes halogenated alkanes) is 1. The number of carbonyl (C=O) groups is 1. The second-order valence-electron chi connectivity index (χ2n) is 4.44. The third-order valence-corrected chi connectivity index (χ3v) is 3.24. The number of amides is 2. The van der Waals surface area contributed by atoms with Crippen LogP contribution in [0.2, 0.25) is 0 Å². The summed E-state index contributed by atoms with van der Waals surface area (Å²) in [6.07, 6.45) is 7.53. The van der Waals surface area contributed by atoms with Gasteiger partial charge in [-0.1, -0.05) is 26.2 Å². The smallest absolute Gasteiger partial charge is 0.315 e. The van der Waals surface area contributed by atoms with Crippen LogP contribution in [0, 0.1) is 5.92 Å². The van der Waals surface area contributed by atoms with Gasteiger partial charge in [0.05, 0.1) is 0 Å². The molecule has 0 unspecified atom stereocenters. The van der Waals surface area contributed by atoms with Crippen LogP contribution in [0.15, 0.2) is 0 Å². The Bertz CT molecular complexity index is 194. The molecule has 0 aromatic rings. The third-order valence-electron chi connectivity index (χ3n) is 3.24. The number of urea groups is 1. The van der Waals surface area contributed by atoms with Crippen LogP contribution in [0.25, 0.3) is 0 Å². The molecule has 3 nitrogen and oxygen atoms in total. The minimum atomic E-state index is 0.00546. The van der Waals surface area contributed by atoms with Gasteiger partial charge in [-0.05, 0) is 32.1 Å². The number of hydrogen-bond donors (Lipinski definition) is 2. The van der Waals surface area contributed by atoms with Crippen LogP contribution in [0.4, 0.5) is 4.79 Å². The molecule has 0 spiro atoms. The highest BCUT2D eigenvalue weighted by molar-refractivity contribution is 5.74. The van der Waals surface area contributed by atoms with E-state index in [0.717, 1.165) is 6.42 Å². The first-order valence-corrected chi connectivity index (χ1v) is 6.32. The van der Waals surface area contributed by atoms with Gasteiger partial charge in [-0.2, -0.15) is 0 Å². The van der Waals surface area contributed by atoms with E-state index in [2.05, 4.69) is 17.6 Å². The summed E-state index contributed by atoms with van der Waals surface area (Å²) < 4.78 is 0. The Morgan fingerprint density at radius 2 is 2.13 bits per heavy atom. The minimum absolute atomic E-state index is 0.00546. The van der Waals surface area contributed by atoms with Gasteiger partial charge < -0.3 is 10.6 Å². The quantitative estimate of drug-likeness (QED) is 0.722. The molecule has 1 aliphatic rings. The van der Waals surface area contributed by atoms with Crippen LogP contribution < -0.4 is 10.6 Å². The molecule has 3 heteroatoms. The van der Waals surface area contributed by atoms with Crippen LogP contribution in [0.1, 0.15) is 52.4 Å². The first-order chi connectivity index (χ1) is 7.27. The molecule has 0 saturated heterocycles. The highest BCUT2D eigenvalue weighted by Gasteiger charge is 2.27. The summed E-state index contributed by atoms with van der Waals surface area (Å²) in [5, 5.41) is 5.89. The molecule has 0 bridgehead atoms. The summed E-state index contributed by atoms with van der Waals surface area (Å²) in [6.45, 7) is 4.88. The van der Waals surface area contributed by atoms with Gasteiger partial charge in [0, 0.05) is 12.6 Å². The number of nitrogens with one attached hydrogen (secondary N) is 2. The molecule has 0 aromatic carbocycles. The Morgan fingerprint density at radius 1 is 1.33 bits per heavy atom. The highest BCUT2D eigenvalue weighted by atomic mass is 16.2. The first-order valence-electron chi connectivity index (χ1n) is 6.32. The first kappa shape index (κ1) is 12.3. The molecule has 1 aliphatic carbocycles. The maximum atomic E-state index is 11.4. The zero-order valence-corrected chi connectivity index (χ0v) is 10.0. The van der Waals surface area contributed by atoms with Gasteiger partial charge in [0.15, 0.2) is 0 Å². The summed E-state index contributed by atoms with van der Waals surface area (Å²) in [4.78, 5) is 11.4. The van der Waals surface area contributed by atoms with Crippen molar-refractivity contribution in [3.8, 4) is 0 Å². The van der Waals surface area contributed by atoms with Crippen molar-refractivity contribution in [1.29, 1.82) is 0 Å². The van der Waals surface area contributed by atoms with Gasteiger partial charge in [0.25, 0.3) is 0 Å². The van der Waals surface area contributed by atoms with Gasteiger partial charge >= 0.3 is 6.03 Å². The lowest BCUT2D eigenvalue weighted by Crippen LogP contribution is -2.43. The van der Waals surface area contributed by atoms with E-state index in [1.54, 1.807) is 0 Å². The highest BCUT2D eigenvalue weighted by Crippen LogP contribution is 2.29. The van der Waals surface area contributed by atoms with Gasteiger partial charge in [-0.25, -0.2) is 4.79 Å². The Morgan fingerprint density at radius 3 is 2.80 bits per heavy atom. The van der Waals surface area contributed by atoms with Crippen LogP contribution in [0.3, 0.4) is 0 Å². The van der Waals surface area contributed by atoms with E-state index < -0.39 is 0 Å². The molecule has 2 atom stereocenters. The lowest BCUT2D eigenvalue weighted by molar-refractivity contribution is 0.233. The number of hydrogen-bond acceptors (Lipinski definition) is 1. The van der Waals surface area contributed by atoms with Crippen molar-refractivity contribution in [1.82, 2.24) is 10.6 Å². The van der Waals surface area contributed by atoms with Crippen LogP contribution in [-0.4, -0.2) is 18.6 Å². The molecule has 1 rings (SSSR count). The molecular formula is C12H24N2O. The summed E-state index contributed by atoms with van der Waals surface area (Å²) in [5.41, 5.74) is 0. The Hall–Kier alpha value is -0.730. The molecule has 2 amide bonds. The molecule has 0 heterocycles. The van der Waals surface area contributed by atoms with Gasteiger partial charge in [-0.3, -0.25) is 0 Å². The molecule has 88 valence electrons. The van der Waals surface area contributed by atoms with Crippen LogP contribution >= 0.6 is 0 Å². The second kappa shape index (κ2) is 6.70. The van der Waals surface area contributed by atoms with E-state index in [-0.39, 0.29) is 6.03 Å². The predicted octanol–water partition coefficient (Wildman–Crippen LogP) is 2.66. The van der Waals surface area contributed by atoms with E-state index in [4.69, 9.17) is 0 Å². The molecule has 0 aliphatic heterocycles. The summed E-state index contributed by atoms with van der Waals surface area (Å²) in [6, 6.07) is 0.425. The van der Waals surface area contributed by atoms with Crippen molar-refractivity contribution >= 4 is 6.03 Å². The normalized spacial score (nSPS) is 25.2. The fraction of sp³-hybridized carbons (Fsp3) is 0.917. The maximum Gasteiger partial charge on any atom is 0.315 e. The van der Waals surface area contributed by atoms with Crippen molar-refractivity contribution in [2.45, 2.75) is 58.4 Å². The lowest BCUT2D eigenvalue weighted by atomic mass is 9.97. The molecule has 1 saturated carbocycles. The standard InChI is InChI=1S/C12H24N2O/c1-3-5-7-10-8-6-9-11(10)14-12(15)13-4-2/h10-11H,3-9H2,1-2H3,(H2,13,14,15)/t10-,11-/m1/s1. The maximum absolute atomic E-state index is 11.4. The van der Waals surface area contributed by atoms with Crippen LogP contribution in [0.5, 0.6) is 0 Å². The minimum Gasteiger partial charge on any atom is -0.338 e. The predicted molar refractivity (Wildman–Crippen MR) is 62.9 cm³/mol. The fourth-order valence-corrected chi connectivity index (χ4v) is 2.42. The lowest BCUT2D eigenvalue weighted by Gasteiger charge is -2.20. The summed E-state index contributed by atoms with van der Waals surface area (Å²) in [5.74, 6) is 0.715. The molecule has 0 aromatic heterocycles. The molecule has 15 heavy (non-hydrogen) atoms. The summed E-state index contributed by atoms with van der Waals surface area (Å²) in [7, 11) is 0. The third kappa shape index (κ3) is 4.10. The van der Waals surface area contributed by atoms with Crippen molar-refractivity contribution in [2.24, 2.45) is 5.92 Å². The van der Waals surface area contributed by atoms with E-state index >= 15 is 0 Å². The van der Waals surface area contributed by atoms with Crippen molar-refractivity contribution in [2.75, 3.05) is 6.54 Å². The summed E-state index contributed by atoms with van der Waals surface area (Å²) >= 11 is 0. The topological polar surface area (TPSA) is 41.1 Å². The zero-order valence-electron chi connectivity index (χ0n) is 10.0. The van der Waals surface area contributed by atoms with E-state index in [1.807, 2.05) is 6.92 Å². The van der Waals surface area contributed by atoms with E-state index in [9.17, 15) is 4.79 Å². The molecular weight excluding hydrogens is 188 g/mol. The Kier molecular flexibility index (Phi) is 5.51. The average molecular weight is 212 g/mol. The van der Waals surface area contributed by atoms with Crippen molar-refractivity contribution < 1.29 is 4.79 Å². The van der Waals surface area contributed by atoms with Crippen LogP contribution in [-0.2, 0) is 0 Å². The van der Waals surface area contributed by atoms with Gasteiger partial charge in [0.1, 0.15) is 0 Å². The largest absolute Gasteiger partial charge is 0.338 e. The van der Waals surface area contributed by atoms with Gasteiger partial charge in [0.2, 0.25) is 0 Å². The van der Waals surface area contributed by atoms with Crippen molar-refractivity contribution in [3.05, 3.63) is 0 Å². The Balaban J connectivity index is 2.29. The SMILES string of the molecule is CCCC[C@@H]1CCC[C@H]1NC(=O)NCC. The van der Waals surface area contributed by atoms with E-state index in [0.29, 0.717) is 18.5 Å². The van der Waals surface area contributed by atoms with Gasteiger partial charge in [-0.15, -0.1) is 0 Å². The van der Waals surface area contributed by atoms with Crippen molar-refractivity contribution in [3.63, 3.8) is 0 Å². The number of rotatable bonds is 5. The molecule has 0 radical (unpaired) electrons. The Labute approximate surface area is 93.0 Å². The van der Waals surface area contributed by atoms with E-state index in [1.165, 1.54) is 32.1 Å². The zero-order chi connectivity index (χ0) is 11.1. The fourth-order valence-electron chi connectivity index (χ4n) is 2.42. The molecule has 2 N–H and O–H groups in total. The second-order valence-corrected chi connectivity index (χ2v) is 4.44. The number of carbonyl (C=O) groups excluding carboxylic acids is 1.